The Hall–Kier alpha value is -6.43. The van der Waals surface area contributed by atoms with Crippen LogP contribution in [0.1, 0.15) is 49.9 Å². The SMILES string of the molecule is CC1(C)c2ccccc2-c2ccc(-c3nc(-c4ccc5c(c4)C(C)(C)c4ccccc4-5)nc(-n4c5ccccc5c5c6sc7ccccc7c6ccc54)n3)cc21. The van der Waals surface area contributed by atoms with Gasteiger partial charge in [0, 0.05) is 52.9 Å². The third kappa shape index (κ3) is 4.21. The summed E-state index contributed by atoms with van der Waals surface area (Å²) in [4.78, 5) is 16.1. The lowest BCUT2D eigenvalue weighted by molar-refractivity contribution is 0.660. The van der Waals surface area contributed by atoms with Crippen molar-refractivity contribution < 1.29 is 0 Å². The Morgan fingerprint density at radius 3 is 1.62 bits per heavy atom. The second kappa shape index (κ2) is 11.1. The van der Waals surface area contributed by atoms with Gasteiger partial charge in [-0.3, -0.25) is 4.57 Å². The van der Waals surface area contributed by atoms with Crippen LogP contribution in [0.4, 0.5) is 0 Å². The highest BCUT2D eigenvalue weighted by molar-refractivity contribution is 7.26. The standard InChI is InChI=1S/C51H36N4S/c1-50(2)38-17-9-5-13-31(38)33-23-21-29(27-40(33)50)47-52-48(30-22-24-34-32-14-6-10-18-39(32)51(3,4)41(34)28-30)54-49(53-47)55-42-19-11-7-16-37(42)45-43(55)26-25-36-35-15-8-12-20-44(35)56-46(36)45/h5-28H,1-4H3. The van der Waals surface area contributed by atoms with Crippen molar-refractivity contribution in [2.24, 2.45) is 0 Å². The minimum absolute atomic E-state index is 0.149. The molecule has 12 rings (SSSR count). The third-order valence-corrected chi connectivity index (χ3v) is 13.9. The van der Waals surface area contributed by atoms with E-state index in [1.807, 2.05) is 11.3 Å². The summed E-state index contributed by atoms with van der Waals surface area (Å²) in [6.07, 6.45) is 0. The molecule has 0 saturated carbocycles. The predicted octanol–water partition coefficient (Wildman–Crippen LogP) is 13.3. The van der Waals surface area contributed by atoms with Crippen molar-refractivity contribution in [1.82, 2.24) is 19.5 Å². The second-order valence-corrected chi connectivity index (χ2v) is 17.5. The molecular weight excluding hydrogens is 701 g/mol. The Kier molecular flexibility index (Phi) is 6.31. The lowest BCUT2D eigenvalue weighted by Crippen LogP contribution is -2.15. The second-order valence-electron chi connectivity index (χ2n) is 16.4. The van der Waals surface area contributed by atoms with Gasteiger partial charge < -0.3 is 0 Å². The number of para-hydroxylation sites is 1. The van der Waals surface area contributed by atoms with Gasteiger partial charge in [-0.25, -0.2) is 4.98 Å². The van der Waals surface area contributed by atoms with Gasteiger partial charge in [-0.15, -0.1) is 11.3 Å². The first-order chi connectivity index (χ1) is 27.3. The van der Waals surface area contributed by atoms with Crippen LogP contribution in [-0.2, 0) is 10.8 Å². The third-order valence-electron chi connectivity index (χ3n) is 12.7. The Balaban J connectivity index is 1.12. The largest absolute Gasteiger partial charge is 0.278 e. The van der Waals surface area contributed by atoms with Crippen molar-refractivity contribution >= 4 is 53.3 Å². The topological polar surface area (TPSA) is 43.6 Å². The van der Waals surface area contributed by atoms with Crippen LogP contribution in [0.3, 0.4) is 0 Å². The zero-order valence-corrected chi connectivity index (χ0v) is 32.4. The van der Waals surface area contributed by atoms with E-state index in [0.29, 0.717) is 17.6 Å². The Labute approximate surface area is 328 Å². The smallest absolute Gasteiger partial charge is 0.238 e. The summed E-state index contributed by atoms with van der Waals surface area (Å²) >= 11 is 1.86. The summed E-state index contributed by atoms with van der Waals surface area (Å²) < 4.78 is 4.83. The number of hydrogen-bond donors (Lipinski definition) is 0. The van der Waals surface area contributed by atoms with E-state index in [1.54, 1.807) is 0 Å². The monoisotopic (exact) mass is 736 g/mol. The normalized spacial score (nSPS) is 14.7. The summed E-state index contributed by atoms with van der Waals surface area (Å²) in [6.45, 7) is 9.29. The van der Waals surface area contributed by atoms with Crippen molar-refractivity contribution in [3.63, 3.8) is 0 Å². The van der Waals surface area contributed by atoms with Gasteiger partial charge in [-0.05, 0) is 74.8 Å². The summed E-state index contributed by atoms with van der Waals surface area (Å²) in [5.41, 5.74) is 14.3. The van der Waals surface area contributed by atoms with E-state index < -0.39 is 0 Å². The van der Waals surface area contributed by atoms with E-state index >= 15 is 0 Å². The maximum Gasteiger partial charge on any atom is 0.238 e. The molecule has 7 aromatic carbocycles. The summed E-state index contributed by atoms with van der Waals surface area (Å²) in [5.74, 6) is 1.94. The van der Waals surface area contributed by atoms with Crippen LogP contribution < -0.4 is 0 Å². The van der Waals surface area contributed by atoms with Crippen LogP contribution in [0.15, 0.2) is 146 Å². The molecule has 266 valence electrons. The summed E-state index contributed by atoms with van der Waals surface area (Å²) in [5, 5.41) is 5.00. The molecule has 2 aliphatic carbocycles. The molecule has 0 aliphatic heterocycles. The van der Waals surface area contributed by atoms with E-state index in [0.717, 1.165) is 22.2 Å². The van der Waals surface area contributed by atoms with Gasteiger partial charge in [0.15, 0.2) is 11.6 Å². The quantitative estimate of drug-likeness (QED) is 0.181. The average molecular weight is 737 g/mol. The fourth-order valence-electron chi connectivity index (χ4n) is 9.86. The summed E-state index contributed by atoms with van der Waals surface area (Å²) in [6, 6.07) is 53.0. The molecule has 4 nitrogen and oxygen atoms in total. The molecule has 56 heavy (non-hydrogen) atoms. The molecule has 0 unspecified atom stereocenters. The van der Waals surface area contributed by atoms with E-state index in [4.69, 9.17) is 15.0 Å². The van der Waals surface area contributed by atoms with Crippen molar-refractivity contribution in [2.45, 2.75) is 38.5 Å². The van der Waals surface area contributed by atoms with Gasteiger partial charge in [0.1, 0.15) is 0 Å². The van der Waals surface area contributed by atoms with Crippen molar-refractivity contribution in [3.8, 4) is 51.0 Å². The van der Waals surface area contributed by atoms with Crippen LogP contribution in [0.25, 0.3) is 93.0 Å². The molecule has 3 heterocycles. The highest BCUT2D eigenvalue weighted by atomic mass is 32.1. The number of hydrogen-bond acceptors (Lipinski definition) is 4. The van der Waals surface area contributed by atoms with Crippen LogP contribution in [0.5, 0.6) is 0 Å². The van der Waals surface area contributed by atoms with E-state index in [-0.39, 0.29) is 10.8 Å². The van der Waals surface area contributed by atoms with Crippen LogP contribution in [-0.4, -0.2) is 19.5 Å². The number of fused-ring (bicyclic) bond motifs is 13. The van der Waals surface area contributed by atoms with E-state index in [1.165, 1.54) is 75.5 Å². The van der Waals surface area contributed by atoms with Crippen molar-refractivity contribution in [1.29, 1.82) is 0 Å². The molecule has 0 N–H and O–H groups in total. The average Bonchev–Trinajstić information content (AvgIpc) is 3.91. The van der Waals surface area contributed by atoms with Gasteiger partial charge in [0.2, 0.25) is 5.95 Å². The highest BCUT2D eigenvalue weighted by Gasteiger charge is 2.37. The van der Waals surface area contributed by atoms with Crippen LogP contribution in [0, 0.1) is 0 Å². The molecule has 2 aliphatic rings. The van der Waals surface area contributed by atoms with Crippen LogP contribution >= 0.6 is 11.3 Å². The maximum atomic E-state index is 5.39. The lowest BCUT2D eigenvalue weighted by atomic mass is 9.82. The molecule has 0 radical (unpaired) electrons. The minimum Gasteiger partial charge on any atom is -0.278 e. The first kappa shape index (κ1) is 31.9. The molecule has 0 fully saturated rings. The molecule has 0 spiro atoms. The zero-order chi connectivity index (χ0) is 37.5. The number of nitrogens with zero attached hydrogens (tertiary/aromatic N) is 4. The van der Waals surface area contributed by atoms with Crippen LogP contribution in [0.2, 0.25) is 0 Å². The number of thiophene rings is 1. The van der Waals surface area contributed by atoms with Gasteiger partial charge in [-0.2, -0.15) is 9.97 Å². The fourth-order valence-corrected chi connectivity index (χ4v) is 11.1. The molecule has 0 bridgehead atoms. The first-order valence-electron chi connectivity index (χ1n) is 19.4. The van der Waals surface area contributed by atoms with Gasteiger partial charge >= 0.3 is 0 Å². The molecule has 3 aromatic heterocycles. The highest BCUT2D eigenvalue weighted by Crippen LogP contribution is 2.51. The van der Waals surface area contributed by atoms with Crippen molar-refractivity contribution in [3.05, 3.63) is 168 Å². The molecule has 10 aromatic rings. The fraction of sp³-hybridized carbons (Fsp3) is 0.118. The maximum absolute atomic E-state index is 5.39. The first-order valence-corrected chi connectivity index (χ1v) is 20.2. The van der Waals surface area contributed by atoms with Gasteiger partial charge in [0.25, 0.3) is 0 Å². The zero-order valence-electron chi connectivity index (χ0n) is 31.6. The molecule has 5 heteroatoms. The van der Waals surface area contributed by atoms with Crippen molar-refractivity contribution in [2.75, 3.05) is 0 Å². The molecule has 0 saturated heterocycles. The predicted molar refractivity (Wildman–Crippen MR) is 233 cm³/mol. The molecule has 0 amide bonds. The Bertz CT molecular complexity index is 3200. The Morgan fingerprint density at radius 1 is 0.446 bits per heavy atom. The number of benzene rings is 7. The molecule has 0 atom stereocenters. The van der Waals surface area contributed by atoms with Gasteiger partial charge in [-0.1, -0.05) is 143 Å². The van der Waals surface area contributed by atoms with E-state index in [9.17, 15) is 0 Å². The van der Waals surface area contributed by atoms with E-state index in [2.05, 4.69) is 178 Å². The summed E-state index contributed by atoms with van der Waals surface area (Å²) in [7, 11) is 0. The molecular formula is C51H36N4S. The van der Waals surface area contributed by atoms with Gasteiger partial charge in [0.05, 0.1) is 11.0 Å². The number of rotatable bonds is 3. The lowest BCUT2D eigenvalue weighted by Gasteiger charge is -2.22. The minimum atomic E-state index is -0.149. The number of aromatic nitrogens is 4. The Morgan fingerprint density at radius 2 is 0.982 bits per heavy atom.